The van der Waals surface area contributed by atoms with E-state index in [1.165, 1.54) is 44.2 Å². The highest BCUT2D eigenvalue weighted by Crippen LogP contribution is 2.50. The van der Waals surface area contributed by atoms with Crippen LogP contribution in [-0.4, -0.2) is 20.8 Å². The quantitative estimate of drug-likeness (QED) is 0.103. The molecule has 0 fully saturated rings. The second-order valence-electron chi connectivity index (χ2n) is 15.4. The molecule has 1 aliphatic carbocycles. The van der Waals surface area contributed by atoms with Gasteiger partial charge in [-0.15, -0.1) is 6.58 Å². The third kappa shape index (κ3) is 8.48. The van der Waals surface area contributed by atoms with Gasteiger partial charge in [0.25, 0.3) is 0 Å². The minimum absolute atomic E-state index is 0.0182. The van der Waals surface area contributed by atoms with Gasteiger partial charge in [0.05, 0.1) is 22.4 Å². The van der Waals surface area contributed by atoms with Gasteiger partial charge in [0.2, 0.25) is 0 Å². The molecule has 3 nitrogen and oxygen atoms in total. The molecule has 0 amide bonds. The molecule has 0 bridgehead atoms. The first-order valence-electron chi connectivity index (χ1n) is 21.0. The molecule has 2 aromatic heterocycles. The molecule has 10 rings (SSSR count). The largest absolute Gasteiger partial charge is 0.309 e. The molecule has 0 atom stereocenters. The van der Waals surface area contributed by atoms with E-state index in [9.17, 15) is 0 Å². The Morgan fingerprint density at radius 3 is 1.74 bits per heavy atom. The molecule has 4 heteroatoms. The van der Waals surface area contributed by atoms with E-state index in [2.05, 4.69) is 196 Å². The van der Waals surface area contributed by atoms with Crippen molar-refractivity contribution in [1.29, 1.82) is 0 Å². The summed E-state index contributed by atoms with van der Waals surface area (Å²) in [5.41, 5.74) is 16.2. The summed E-state index contributed by atoms with van der Waals surface area (Å²) < 4.78 is 2.40. The number of aromatic nitrogens is 3. The first-order valence-corrected chi connectivity index (χ1v) is 21.9. The Labute approximate surface area is 372 Å². The average molecular weight is 824 g/mol. The van der Waals surface area contributed by atoms with Crippen molar-refractivity contribution in [3.63, 3.8) is 0 Å². The first-order chi connectivity index (χ1) is 30.4. The SMILES string of the molecule is C=C/C=C\C.C=CC.CC1(C)c2ccccc2-c2cc(-c3ccc4c(c3)c3cccc(-c5cc(-c6ccccc6)nc(-c6ccccc6)n5)c3n4-c3ccccc3)ccc21.CS. The lowest BCUT2D eigenvalue weighted by atomic mass is 9.82. The molecule has 0 radical (unpaired) electrons. The highest BCUT2D eigenvalue weighted by atomic mass is 32.1. The van der Waals surface area contributed by atoms with Crippen LogP contribution in [0.3, 0.4) is 0 Å². The zero-order valence-electron chi connectivity index (χ0n) is 36.3. The molecule has 0 N–H and O–H groups in total. The second-order valence-corrected chi connectivity index (χ2v) is 15.4. The maximum atomic E-state index is 5.26. The van der Waals surface area contributed by atoms with Gasteiger partial charge < -0.3 is 4.57 Å². The third-order valence-corrected chi connectivity index (χ3v) is 11.2. The number of rotatable bonds is 6. The lowest BCUT2D eigenvalue weighted by Crippen LogP contribution is -2.14. The molecular weight excluding hydrogens is 771 g/mol. The van der Waals surface area contributed by atoms with Crippen LogP contribution in [0.5, 0.6) is 0 Å². The van der Waals surface area contributed by atoms with Gasteiger partial charge in [-0.25, -0.2) is 9.97 Å². The summed E-state index contributed by atoms with van der Waals surface area (Å²) in [6, 6.07) is 62.9. The Morgan fingerprint density at radius 1 is 0.516 bits per heavy atom. The van der Waals surface area contributed by atoms with Crippen LogP contribution in [0, 0.1) is 0 Å². The lowest BCUT2D eigenvalue weighted by Gasteiger charge is -2.21. The molecule has 1 aliphatic rings. The van der Waals surface area contributed by atoms with Crippen LogP contribution in [0.25, 0.3) is 83.6 Å². The smallest absolute Gasteiger partial charge is 0.160 e. The molecule has 2 heterocycles. The van der Waals surface area contributed by atoms with E-state index in [-0.39, 0.29) is 5.41 Å². The number of benzene rings is 7. The number of thiol groups is 1. The molecule has 9 aromatic rings. The van der Waals surface area contributed by atoms with Crippen LogP contribution in [0.1, 0.15) is 38.8 Å². The Balaban J connectivity index is 0.000000529. The summed E-state index contributed by atoms with van der Waals surface area (Å²) in [6.07, 6.45) is 9.02. The van der Waals surface area contributed by atoms with Crippen molar-refractivity contribution in [3.8, 4) is 61.8 Å². The standard InChI is InChI=1S/C49H35N3.C5H8.C3H6.CH4S/c1-49(2)42-24-13-12-21-37(42)40-29-34(25-27-43(40)49)35-26-28-46-41(30-35)38-22-14-23-39(47(38)52(46)36-19-10-5-11-20-36)45-31-44(32-15-6-3-7-16-32)50-48(51-45)33-17-8-4-9-18-33;1-3-5-4-2;1-3-2;1-2/h3-31H,1-2H3;3-5H,1H2,2H3;3H,1H2,2H3;2H,1H3/b;5-4-;;. The van der Waals surface area contributed by atoms with E-state index in [1.54, 1.807) is 18.4 Å². The molecular formula is C58H53N3S. The van der Waals surface area contributed by atoms with Gasteiger partial charge in [0.15, 0.2) is 5.82 Å². The van der Waals surface area contributed by atoms with Crippen LogP contribution in [-0.2, 0) is 5.41 Å². The zero-order chi connectivity index (χ0) is 43.6. The monoisotopic (exact) mass is 823 g/mol. The van der Waals surface area contributed by atoms with Crippen LogP contribution in [0.4, 0.5) is 0 Å². The van der Waals surface area contributed by atoms with Crippen molar-refractivity contribution in [2.24, 2.45) is 0 Å². The Morgan fingerprint density at radius 2 is 1.08 bits per heavy atom. The van der Waals surface area contributed by atoms with E-state index in [0.717, 1.165) is 44.8 Å². The maximum absolute atomic E-state index is 5.26. The molecule has 306 valence electrons. The summed E-state index contributed by atoms with van der Waals surface area (Å²) >= 11 is 3.53. The van der Waals surface area contributed by atoms with Crippen molar-refractivity contribution in [2.45, 2.75) is 33.1 Å². The third-order valence-electron chi connectivity index (χ3n) is 11.2. The number of nitrogens with zero attached hydrogens (tertiary/aromatic N) is 3. The van der Waals surface area contributed by atoms with Crippen LogP contribution in [0.2, 0.25) is 0 Å². The predicted octanol–water partition coefficient (Wildman–Crippen LogP) is 16.0. The van der Waals surface area contributed by atoms with Gasteiger partial charge >= 0.3 is 0 Å². The van der Waals surface area contributed by atoms with Crippen molar-refractivity contribution < 1.29 is 0 Å². The fraction of sp³-hybridized carbons (Fsp3) is 0.103. The molecule has 0 saturated heterocycles. The van der Waals surface area contributed by atoms with Gasteiger partial charge in [-0.3, -0.25) is 0 Å². The maximum Gasteiger partial charge on any atom is 0.160 e. The lowest BCUT2D eigenvalue weighted by molar-refractivity contribution is 0.660. The minimum Gasteiger partial charge on any atom is -0.309 e. The molecule has 0 aliphatic heterocycles. The Bertz CT molecular complexity index is 2940. The van der Waals surface area contributed by atoms with Crippen LogP contribution in [0.15, 0.2) is 213 Å². The summed E-state index contributed by atoms with van der Waals surface area (Å²) in [5, 5.41) is 2.40. The van der Waals surface area contributed by atoms with Crippen molar-refractivity contribution in [1.82, 2.24) is 14.5 Å². The van der Waals surface area contributed by atoms with Crippen molar-refractivity contribution in [2.75, 3.05) is 6.26 Å². The first kappa shape index (κ1) is 43.1. The van der Waals surface area contributed by atoms with E-state index in [0.29, 0.717) is 5.82 Å². The summed E-state index contributed by atoms with van der Waals surface area (Å²) in [7, 11) is 0. The molecule has 0 saturated carbocycles. The molecule has 7 aromatic carbocycles. The number of para-hydroxylation sites is 2. The molecule has 0 spiro atoms. The fourth-order valence-electron chi connectivity index (χ4n) is 8.39. The fourth-order valence-corrected chi connectivity index (χ4v) is 8.39. The molecule has 0 unspecified atom stereocenters. The van der Waals surface area contributed by atoms with E-state index in [4.69, 9.17) is 9.97 Å². The van der Waals surface area contributed by atoms with Crippen molar-refractivity contribution in [3.05, 3.63) is 225 Å². The zero-order valence-corrected chi connectivity index (χ0v) is 37.2. The van der Waals surface area contributed by atoms with E-state index in [1.807, 2.05) is 50.3 Å². The summed E-state index contributed by atoms with van der Waals surface area (Å²) in [6.45, 7) is 15.3. The van der Waals surface area contributed by atoms with Crippen molar-refractivity contribution >= 4 is 34.4 Å². The average Bonchev–Trinajstić information content (AvgIpc) is 3.79. The topological polar surface area (TPSA) is 30.7 Å². The van der Waals surface area contributed by atoms with E-state index < -0.39 is 0 Å². The Kier molecular flexibility index (Phi) is 13.6. The number of hydrogen-bond donors (Lipinski definition) is 1. The van der Waals surface area contributed by atoms with Gasteiger partial charge in [-0.2, -0.15) is 12.6 Å². The molecule has 62 heavy (non-hydrogen) atoms. The van der Waals surface area contributed by atoms with Gasteiger partial charge in [0, 0.05) is 38.6 Å². The van der Waals surface area contributed by atoms with Crippen LogP contribution < -0.4 is 0 Å². The van der Waals surface area contributed by atoms with Gasteiger partial charge in [-0.05, 0) is 89.9 Å². The van der Waals surface area contributed by atoms with Gasteiger partial charge in [-0.1, -0.05) is 184 Å². The van der Waals surface area contributed by atoms with E-state index >= 15 is 0 Å². The minimum atomic E-state index is -0.0182. The number of fused-ring (bicyclic) bond motifs is 6. The second kappa shape index (κ2) is 19.6. The Hall–Kier alpha value is -7.01. The number of hydrogen-bond acceptors (Lipinski definition) is 3. The normalized spacial score (nSPS) is 11.9. The van der Waals surface area contributed by atoms with Crippen LogP contribution >= 0.6 is 12.6 Å². The summed E-state index contributed by atoms with van der Waals surface area (Å²) in [4.78, 5) is 10.3. The number of allylic oxidation sites excluding steroid dienone is 4. The highest BCUT2D eigenvalue weighted by molar-refractivity contribution is 7.79. The van der Waals surface area contributed by atoms with Gasteiger partial charge in [0.1, 0.15) is 0 Å². The summed E-state index contributed by atoms with van der Waals surface area (Å²) in [5.74, 6) is 0.708. The highest BCUT2D eigenvalue weighted by Gasteiger charge is 2.35. The predicted molar refractivity (Wildman–Crippen MR) is 271 cm³/mol.